The first-order valence-electron chi connectivity index (χ1n) is 11.6. The summed E-state index contributed by atoms with van der Waals surface area (Å²) in [5, 5.41) is 17.1. The minimum absolute atomic E-state index is 0.0879. The van der Waals surface area contributed by atoms with Gasteiger partial charge in [-0.1, -0.05) is 11.6 Å². The SMILES string of the molecule is N#C[C@@H](C[C@H]1CCCNC1=O)NC(=O)[C@H]1[C@H]2CC[C@H](CC2(F)F)N1C(=O)c1cc2scc(Cl)c2[nH]1. The molecule has 1 saturated carbocycles. The number of hydrogen-bond acceptors (Lipinski definition) is 5. The van der Waals surface area contributed by atoms with Crippen LogP contribution in [-0.4, -0.2) is 58.2 Å². The average Bonchev–Trinajstić information content (AvgIpc) is 3.40. The van der Waals surface area contributed by atoms with Gasteiger partial charge in [0.05, 0.1) is 27.2 Å². The van der Waals surface area contributed by atoms with E-state index in [1.807, 2.05) is 6.07 Å². The number of H-pyrrole nitrogens is 1. The number of hydrogen-bond donors (Lipinski definition) is 3. The van der Waals surface area contributed by atoms with E-state index in [-0.39, 0.29) is 24.4 Å². The molecule has 4 aliphatic rings. The van der Waals surface area contributed by atoms with Gasteiger partial charge in [-0.25, -0.2) is 8.78 Å². The van der Waals surface area contributed by atoms with Gasteiger partial charge in [0.2, 0.25) is 11.8 Å². The number of fused-ring (bicyclic) bond motifs is 4. The Morgan fingerprint density at radius 3 is 2.86 bits per heavy atom. The van der Waals surface area contributed by atoms with Gasteiger partial charge in [0.15, 0.2) is 0 Å². The molecule has 35 heavy (non-hydrogen) atoms. The number of carbonyl (C=O) groups is 3. The minimum atomic E-state index is -3.10. The van der Waals surface area contributed by atoms with Crippen molar-refractivity contribution in [3.05, 3.63) is 22.2 Å². The third-order valence-corrected chi connectivity index (χ3v) is 8.73. The van der Waals surface area contributed by atoms with Gasteiger partial charge in [-0.3, -0.25) is 14.4 Å². The lowest BCUT2D eigenvalue weighted by molar-refractivity contribution is -0.179. The maximum Gasteiger partial charge on any atom is 0.271 e. The molecule has 186 valence electrons. The monoisotopic (exact) mass is 523 g/mol. The highest BCUT2D eigenvalue weighted by atomic mass is 35.5. The molecule has 2 aromatic rings. The number of piperidine rings is 3. The van der Waals surface area contributed by atoms with Gasteiger partial charge < -0.3 is 20.5 Å². The van der Waals surface area contributed by atoms with Crippen LogP contribution in [0.15, 0.2) is 11.4 Å². The van der Waals surface area contributed by atoms with Crippen molar-refractivity contribution in [2.24, 2.45) is 11.8 Å². The molecule has 3 saturated heterocycles. The maximum absolute atomic E-state index is 14.9. The summed E-state index contributed by atoms with van der Waals surface area (Å²) in [6.07, 6.45) is 1.41. The predicted molar refractivity (Wildman–Crippen MR) is 125 cm³/mol. The molecule has 8 nitrogen and oxygen atoms in total. The van der Waals surface area contributed by atoms with E-state index in [1.165, 1.54) is 16.2 Å². The van der Waals surface area contributed by atoms with Gasteiger partial charge in [-0.15, -0.1) is 11.3 Å². The first-order valence-corrected chi connectivity index (χ1v) is 12.9. The van der Waals surface area contributed by atoms with Crippen molar-refractivity contribution in [3.63, 3.8) is 0 Å². The second kappa shape index (κ2) is 9.06. The van der Waals surface area contributed by atoms with E-state index >= 15 is 0 Å². The number of amides is 3. The van der Waals surface area contributed by atoms with Gasteiger partial charge in [-0.05, 0) is 38.2 Å². The Balaban J connectivity index is 1.40. The smallest absolute Gasteiger partial charge is 0.271 e. The van der Waals surface area contributed by atoms with E-state index in [0.717, 1.165) is 11.1 Å². The fraction of sp³-hybridized carbons (Fsp3) is 0.565. The summed E-state index contributed by atoms with van der Waals surface area (Å²) in [7, 11) is 0. The lowest BCUT2D eigenvalue weighted by atomic mass is 9.71. The van der Waals surface area contributed by atoms with Crippen LogP contribution in [0.25, 0.3) is 10.2 Å². The highest BCUT2D eigenvalue weighted by Gasteiger charge is 2.60. The first-order chi connectivity index (χ1) is 16.7. The van der Waals surface area contributed by atoms with Crippen LogP contribution in [0.3, 0.4) is 0 Å². The number of carbonyl (C=O) groups excluding carboxylic acids is 3. The molecule has 0 aromatic carbocycles. The lowest BCUT2D eigenvalue weighted by Gasteiger charge is -2.53. The van der Waals surface area contributed by atoms with Crippen molar-refractivity contribution in [3.8, 4) is 6.07 Å². The first kappa shape index (κ1) is 24.0. The zero-order chi connectivity index (χ0) is 24.9. The summed E-state index contributed by atoms with van der Waals surface area (Å²) in [6.45, 7) is 0.567. The van der Waals surface area contributed by atoms with Crippen LogP contribution in [-0.2, 0) is 9.59 Å². The number of halogens is 3. The van der Waals surface area contributed by atoms with Crippen LogP contribution in [0, 0.1) is 23.2 Å². The van der Waals surface area contributed by atoms with Crippen molar-refractivity contribution in [2.45, 2.75) is 62.6 Å². The maximum atomic E-state index is 14.9. The molecule has 0 spiro atoms. The molecule has 5 heterocycles. The molecule has 12 heteroatoms. The summed E-state index contributed by atoms with van der Waals surface area (Å²) in [6, 6.07) is 0.338. The van der Waals surface area contributed by atoms with Crippen molar-refractivity contribution in [1.29, 1.82) is 5.26 Å². The molecule has 2 aromatic heterocycles. The standard InChI is InChI=1S/C23H24ClF2N5O3S/c24-15-10-35-17-7-16(30-18(15)17)22(34)31-13-3-4-14(23(25,26)8-13)19(31)21(33)29-12(9-27)6-11-2-1-5-28-20(11)32/h7,10-14,19,30H,1-6,8H2,(H,28,32)(H,29,33)/t11-,12-,13-,14-,19-/m1/s1. The molecule has 3 aliphatic heterocycles. The molecular weight excluding hydrogens is 500 g/mol. The lowest BCUT2D eigenvalue weighted by Crippen LogP contribution is -2.68. The van der Waals surface area contributed by atoms with Gasteiger partial charge in [0.1, 0.15) is 17.8 Å². The van der Waals surface area contributed by atoms with E-state index < -0.39 is 54.1 Å². The number of nitrogens with one attached hydrogen (secondary N) is 3. The van der Waals surface area contributed by atoms with E-state index in [1.54, 1.807) is 11.4 Å². The summed E-state index contributed by atoms with van der Waals surface area (Å²) in [5.41, 5.74) is 0.766. The van der Waals surface area contributed by atoms with E-state index in [9.17, 15) is 28.4 Å². The van der Waals surface area contributed by atoms with Gasteiger partial charge in [0, 0.05) is 30.3 Å². The Morgan fingerprint density at radius 1 is 1.37 bits per heavy atom. The van der Waals surface area contributed by atoms with Gasteiger partial charge in [0.25, 0.3) is 11.8 Å². The number of aromatic nitrogens is 1. The van der Waals surface area contributed by atoms with Gasteiger partial charge in [-0.2, -0.15) is 5.26 Å². The van der Waals surface area contributed by atoms with Crippen molar-refractivity contribution >= 4 is 50.9 Å². The van der Waals surface area contributed by atoms with E-state index in [0.29, 0.717) is 29.9 Å². The Bertz CT molecular complexity index is 1220. The molecule has 3 N–H and O–H groups in total. The number of nitrogens with zero attached hydrogens (tertiary/aromatic N) is 2. The largest absolute Gasteiger partial charge is 0.356 e. The van der Waals surface area contributed by atoms with Crippen molar-refractivity contribution < 1.29 is 23.2 Å². The zero-order valence-electron chi connectivity index (χ0n) is 18.7. The summed E-state index contributed by atoms with van der Waals surface area (Å²) < 4.78 is 30.6. The molecule has 5 atom stereocenters. The van der Waals surface area contributed by atoms with Gasteiger partial charge >= 0.3 is 0 Å². The van der Waals surface area contributed by atoms with Crippen LogP contribution in [0.1, 0.15) is 49.0 Å². The second-order valence-electron chi connectivity index (χ2n) is 9.52. The third-order valence-electron chi connectivity index (χ3n) is 7.37. The molecule has 1 aliphatic carbocycles. The second-order valence-corrected chi connectivity index (χ2v) is 10.8. The van der Waals surface area contributed by atoms with Crippen LogP contribution in [0.5, 0.6) is 0 Å². The number of nitriles is 1. The van der Waals surface area contributed by atoms with E-state index in [2.05, 4.69) is 15.6 Å². The number of aromatic amines is 1. The fourth-order valence-corrected chi connectivity index (χ4v) is 6.83. The molecule has 3 amide bonds. The van der Waals surface area contributed by atoms with Crippen molar-refractivity contribution in [2.75, 3.05) is 6.54 Å². The minimum Gasteiger partial charge on any atom is -0.356 e. The normalized spacial score (nSPS) is 28.4. The molecule has 0 radical (unpaired) electrons. The van der Waals surface area contributed by atoms with Crippen LogP contribution in [0.4, 0.5) is 8.78 Å². The highest BCUT2D eigenvalue weighted by molar-refractivity contribution is 7.17. The number of alkyl halides is 2. The third kappa shape index (κ3) is 4.27. The Hall–Kier alpha value is -2.71. The van der Waals surface area contributed by atoms with Crippen LogP contribution in [0.2, 0.25) is 5.02 Å². The predicted octanol–water partition coefficient (Wildman–Crippen LogP) is 3.44. The Kier molecular flexibility index (Phi) is 6.21. The summed E-state index contributed by atoms with van der Waals surface area (Å²) in [4.78, 5) is 43.2. The average molecular weight is 524 g/mol. The Labute approximate surface area is 209 Å². The van der Waals surface area contributed by atoms with Crippen LogP contribution >= 0.6 is 22.9 Å². The summed E-state index contributed by atoms with van der Waals surface area (Å²) in [5.74, 6) is -6.42. The highest BCUT2D eigenvalue weighted by Crippen LogP contribution is 2.49. The molecule has 0 unspecified atom stereocenters. The quantitative estimate of drug-likeness (QED) is 0.556. The van der Waals surface area contributed by atoms with Crippen LogP contribution < -0.4 is 10.6 Å². The van der Waals surface area contributed by atoms with Crippen molar-refractivity contribution in [1.82, 2.24) is 20.5 Å². The fourth-order valence-electron chi connectivity index (χ4n) is 5.68. The molecule has 6 rings (SSSR count). The molecule has 2 bridgehead atoms. The summed E-state index contributed by atoms with van der Waals surface area (Å²) >= 11 is 7.50. The number of rotatable bonds is 5. The topological polar surface area (TPSA) is 118 Å². The Morgan fingerprint density at radius 2 is 2.17 bits per heavy atom. The van der Waals surface area contributed by atoms with E-state index in [4.69, 9.17) is 11.6 Å². The zero-order valence-corrected chi connectivity index (χ0v) is 20.2. The molecule has 4 fully saturated rings. The number of thiophene rings is 1. The molecular formula is C23H24ClF2N5O3S.